The first-order chi connectivity index (χ1) is 8.16. The summed E-state index contributed by atoms with van der Waals surface area (Å²) in [6.45, 7) is 4.17. The second-order valence-corrected chi connectivity index (χ2v) is 4.70. The molecule has 1 heterocycles. The maximum atomic E-state index is 9.69. The quantitative estimate of drug-likeness (QED) is 0.905. The van der Waals surface area contributed by atoms with Gasteiger partial charge in [-0.3, -0.25) is 0 Å². The summed E-state index contributed by atoms with van der Waals surface area (Å²) < 4.78 is 5.68. The molecule has 3 nitrogen and oxygen atoms in total. The summed E-state index contributed by atoms with van der Waals surface area (Å²) in [7, 11) is 0. The van der Waals surface area contributed by atoms with Gasteiger partial charge in [0.1, 0.15) is 12.4 Å². The molecule has 2 aromatic rings. The highest BCUT2D eigenvalue weighted by molar-refractivity contribution is 7.07. The number of thiazole rings is 1. The van der Waals surface area contributed by atoms with E-state index in [0.29, 0.717) is 6.61 Å². The molecule has 0 saturated carbocycles. The van der Waals surface area contributed by atoms with Crippen molar-refractivity contribution < 1.29 is 9.84 Å². The molecule has 0 amide bonds. The third-order valence-electron chi connectivity index (χ3n) is 2.47. The molecule has 0 aliphatic heterocycles. The van der Waals surface area contributed by atoms with Gasteiger partial charge >= 0.3 is 0 Å². The molecule has 0 fully saturated rings. The Balaban J connectivity index is 2.14. The molecule has 0 aliphatic carbocycles. The average molecular weight is 249 g/mol. The Labute approximate surface area is 105 Å². The number of aryl methyl sites for hydroxylation is 1. The largest absolute Gasteiger partial charge is 0.487 e. The van der Waals surface area contributed by atoms with Gasteiger partial charge in [-0.15, -0.1) is 11.3 Å². The molecule has 2 rings (SSSR count). The molecule has 4 heteroatoms. The minimum absolute atomic E-state index is 0.437. The van der Waals surface area contributed by atoms with Crippen LogP contribution in [0.5, 0.6) is 5.75 Å². The number of hydrogen-bond donors (Lipinski definition) is 1. The SMILES string of the molecule is Cc1ccc(OCc2cscn2)c([C@@H](C)O)c1. The maximum Gasteiger partial charge on any atom is 0.131 e. The van der Waals surface area contributed by atoms with E-state index in [4.69, 9.17) is 4.74 Å². The third kappa shape index (κ3) is 3.05. The van der Waals surface area contributed by atoms with Crippen LogP contribution in [-0.2, 0) is 6.61 Å². The van der Waals surface area contributed by atoms with Crippen LogP contribution in [0.4, 0.5) is 0 Å². The summed E-state index contributed by atoms with van der Waals surface area (Å²) in [6, 6.07) is 5.81. The number of nitrogens with zero attached hydrogens (tertiary/aromatic N) is 1. The normalized spacial score (nSPS) is 12.4. The Hall–Kier alpha value is -1.39. The topological polar surface area (TPSA) is 42.4 Å². The standard InChI is InChI=1S/C13H15NO2S/c1-9-3-4-13(12(5-9)10(2)15)16-6-11-7-17-8-14-11/h3-5,7-8,10,15H,6H2,1-2H3/t10-/m1/s1. The van der Waals surface area contributed by atoms with Crippen molar-refractivity contribution in [2.24, 2.45) is 0 Å². The van der Waals surface area contributed by atoms with Gasteiger partial charge in [0, 0.05) is 10.9 Å². The summed E-state index contributed by atoms with van der Waals surface area (Å²) in [4.78, 5) is 4.15. The summed E-state index contributed by atoms with van der Waals surface area (Å²) in [5, 5.41) is 11.6. The van der Waals surface area contributed by atoms with Gasteiger partial charge in [0.15, 0.2) is 0 Å². The smallest absolute Gasteiger partial charge is 0.131 e. The zero-order valence-corrected chi connectivity index (χ0v) is 10.7. The van der Waals surface area contributed by atoms with E-state index in [2.05, 4.69) is 4.98 Å². The predicted molar refractivity (Wildman–Crippen MR) is 68.3 cm³/mol. The summed E-state index contributed by atoms with van der Waals surface area (Å²) in [5.41, 5.74) is 4.62. The van der Waals surface area contributed by atoms with Gasteiger partial charge in [0.2, 0.25) is 0 Å². The van der Waals surface area contributed by atoms with Crippen molar-refractivity contribution >= 4 is 11.3 Å². The lowest BCUT2D eigenvalue weighted by Gasteiger charge is -2.13. The molecular weight excluding hydrogens is 234 g/mol. The van der Waals surface area contributed by atoms with Crippen LogP contribution >= 0.6 is 11.3 Å². The van der Waals surface area contributed by atoms with E-state index in [0.717, 1.165) is 22.6 Å². The Kier molecular flexibility index (Phi) is 3.76. The zero-order chi connectivity index (χ0) is 12.3. The van der Waals surface area contributed by atoms with E-state index >= 15 is 0 Å². The van der Waals surface area contributed by atoms with E-state index < -0.39 is 6.10 Å². The first kappa shape index (κ1) is 12.1. The lowest BCUT2D eigenvalue weighted by molar-refractivity contribution is 0.190. The highest BCUT2D eigenvalue weighted by atomic mass is 32.1. The molecule has 0 saturated heterocycles. The highest BCUT2D eigenvalue weighted by Crippen LogP contribution is 2.26. The Morgan fingerprint density at radius 2 is 2.29 bits per heavy atom. The van der Waals surface area contributed by atoms with Gasteiger partial charge < -0.3 is 9.84 Å². The molecule has 1 atom stereocenters. The molecule has 0 bridgehead atoms. The average Bonchev–Trinajstić information content (AvgIpc) is 2.80. The van der Waals surface area contributed by atoms with Gasteiger partial charge in [0.05, 0.1) is 17.3 Å². The van der Waals surface area contributed by atoms with E-state index in [1.54, 1.807) is 23.8 Å². The van der Waals surface area contributed by atoms with Gasteiger partial charge in [-0.05, 0) is 26.0 Å². The fourth-order valence-electron chi connectivity index (χ4n) is 1.59. The minimum Gasteiger partial charge on any atom is -0.487 e. The molecule has 1 aromatic heterocycles. The van der Waals surface area contributed by atoms with Crippen LogP contribution in [0.15, 0.2) is 29.1 Å². The molecule has 1 N–H and O–H groups in total. The van der Waals surface area contributed by atoms with E-state index in [9.17, 15) is 5.11 Å². The lowest BCUT2D eigenvalue weighted by Crippen LogP contribution is -2.01. The summed E-state index contributed by atoms with van der Waals surface area (Å²) in [6.07, 6.45) is -0.527. The van der Waals surface area contributed by atoms with Crippen molar-refractivity contribution in [3.8, 4) is 5.75 Å². The van der Waals surface area contributed by atoms with Crippen LogP contribution in [0.2, 0.25) is 0 Å². The van der Waals surface area contributed by atoms with Crippen molar-refractivity contribution in [1.29, 1.82) is 0 Å². The molecular formula is C13H15NO2S. The molecule has 0 unspecified atom stereocenters. The predicted octanol–water partition coefficient (Wildman–Crippen LogP) is 3.08. The van der Waals surface area contributed by atoms with Crippen LogP contribution in [0, 0.1) is 6.92 Å². The Morgan fingerprint density at radius 1 is 1.47 bits per heavy atom. The van der Waals surface area contributed by atoms with Crippen molar-refractivity contribution in [3.63, 3.8) is 0 Å². The lowest BCUT2D eigenvalue weighted by atomic mass is 10.1. The Morgan fingerprint density at radius 3 is 2.94 bits per heavy atom. The minimum atomic E-state index is -0.527. The van der Waals surface area contributed by atoms with Crippen molar-refractivity contribution in [2.45, 2.75) is 26.6 Å². The number of aliphatic hydroxyl groups excluding tert-OH is 1. The number of ether oxygens (including phenoxy) is 1. The van der Waals surface area contributed by atoms with Crippen LogP contribution < -0.4 is 4.74 Å². The second-order valence-electron chi connectivity index (χ2n) is 3.99. The van der Waals surface area contributed by atoms with Crippen LogP contribution in [-0.4, -0.2) is 10.1 Å². The number of aromatic nitrogens is 1. The third-order valence-corrected chi connectivity index (χ3v) is 3.11. The van der Waals surface area contributed by atoms with E-state index in [-0.39, 0.29) is 0 Å². The first-order valence-electron chi connectivity index (χ1n) is 5.45. The van der Waals surface area contributed by atoms with Crippen molar-refractivity contribution in [1.82, 2.24) is 4.98 Å². The Bertz CT molecular complexity index is 480. The van der Waals surface area contributed by atoms with Crippen LogP contribution in [0.25, 0.3) is 0 Å². The highest BCUT2D eigenvalue weighted by Gasteiger charge is 2.09. The first-order valence-corrected chi connectivity index (χ1v) is 6.39. The molecule has 17 heavy (non-hydrogen) atoms. The van der Waals surface area contributed by atoms with Crippen molar-refractivity contribution in [3.05, 3.63) is 45.9 Å². The molecule has 0 radical (unpaired) electrons. The van der Waals surface area contributed by atoms with Crippen molar-refractivity contribution in [2.75, 3.05) is 0 Å². The van der Waals surface area contributed by atoms with Crippen LogP contribution in [0.1, 0.15) is 29.8 Å². The molecule has 1 aromatic carbocycles. The molecule has 0 spiro atoms. The number of aliphatic hydroxyl groups is 1. The fourth-order valence-corrected chi connectivity index (χ4v) is 2.13. The maximum absolute atomic E-state index is 9.69. The summed E-state index contributed by atoms with van der Waals surface area (Å²) in [5.74, 6) is 0.721. The van der Waals surface area contributed by atoms with E-state index in [1.165, 1.54) is 0 Å². The van der Waals surface area contributed by atoms with Gasteiger partial charge in [0.25, 0.3) is 0 Å². The monoisotopic (exact) mass is 249 g/mol. The molecule has 0 aliphatic rings. The van der Waals surface area contributed by atoms with Gasteiger partial charge in [-0.1, -0.05) is 11.6 Å². The van der Waals surface area contributed by atoms with Gasteiger partial charge in [-0.25, -0.2) is 4.98 Å². The van der Waals surface area contributed by atoms with Crippen LogP contribution in [0.3, 0.4) is 0 Å². The zero-order valence-electron chi connectivity index (χ0n) is 9.88. The molecule has 90 valence electrons. The number of rotatable bonds is 4. The second kappa shape index (κ2) is 5.29. The number of hydrogen-bond acceptors (Lipinski definition) is 4. The van der Waals surface area contributed by atoms with E-state index in [1.807, 2.05) is 30.5 Å². The number of benzene rings is 1. The fraction of sp³-hybridized carbons (Fsp3) is 0.308. The summed E-state index contributed by atoms with van der Waals surface area (Å²) >= 11 is 1.55. The van der Waals surface area contributed by atoms with Gasteiger partial charge in [-0.2, -0.15) is 0 Å².